The van der Waals surface area contributed by atoms with Gasteiger partial charge in [0.2, 0.25) is 10.0 Å². The predicted octanol–water partition coefficient (Wildman–Crippen LogP) is 1.81. The normalized spacial score (nSPS) is 34.5. The third-order valence-corrected chi connectivity index (χ3v) is 7.77. The van der Waals surface area contributed by atoms with Gasteiger partial charge in [-0.2, -0.15) is 0 Å². The van der Waals surface area contributed by atoms with E-state index in [4.69, 9.17) is 0 Å². The highest BCUT2D eigenvalue weighted by molar-refractivity contribution is 7.91. The molecule has 4 nitrogen and oxygen atoms in total. The minimum absolute atomic E-state index is 0.0573. The molecule has 0 N–H and O–H groups in total. The van der Waals surface area contributed by atoms with Gasteiger partial charge in [-0.05, 0) is 25.2 Å². The van der Waals surface area contributed by atoms with Crippen LogP contribution in [0.15, 0.2) is 0 Å². The zero-order chi connectivity index (χ0) is 13.8. The summed E-state index contributed by atoms with van der Waals surface area (Å²) in [5.41, 5.74) is -0.474. The number of carbonyl (C=O) groups excluding carboxylic acids is 1. The lowest BCUT2D eigenvalue weighted by Crippen LogP contribution is -2.53. The molecule has 0 amide bonds. The van der Waals surface area contributed by atoms with Crippen LogP contribution in [0, 0.1) is 11.3 Å². The average Bonchev–Trinajstić information content (AvgIpc) is 2.81. The maximum Gasteiger partial charge on any atom is 0.227 e. The maximum absolute atomic E-state index is 12.8. The van der Waals surface area contributed by atoms with Crippen LogP contribution in [0.25, 0.3) is 0 Å². The van der Waals surface area contributed by atoms with Gasteiger partial charge in [0.25, 0.3) is 0 Å². The van der Waals surface area contributed by atoms with E-state index in [0.717, 1.165) is 6.42 Å². The van der Waals surface area contributed by atoms with Gasteiger partial charge in [0.05, 0.1) is 0 Å². The van der Waals surface area contributed by atoms with Crippen molar-refractivity contribution >= 4 is 15.8 Å². The number of hydrogen-bond donors (Lipinski definition) is 0. The molecule has 0 aliphatic heterocycles. The van der Waals surface area contributed by atoms with Crippen molar-refractivity contribution in [1.82, 2.24) is 4.31 Å². The Balaban J connectivity index is 2.48. The predicted molar refractivity (Wildman–Crippen MR) is 70.7 cm³/mol. The minimum atomic E-state index is -3.51. The number of hydrogen-bond acceptors (Lipinski definition) is 3. The highest BCUT2D eigenvalue weighted by Gasteiger charge is 2.68. The van der Waals surface area contributed by atoms with E-state index in [2.05, 4.69) is 0 Å². The highest BCUT2D eigenvalue weighted by Crippen LogP contribution is 2.59. The van der Waals surface area contributed by atoms with Crippen molar-refractivity contribution in [2.24, 2.45) is 11.3 Å². The fraction of sp³-hybridized carbons (Fsp3) is 0.923. The smallest absolute Gasteiger partial charge is 0.227 e. The largest absolute Gasteiger partial charge is 0.297 e. The molecule has 2 saturated carbocycles. The van der Waals surface area contributed by atoms with E-state index in [-0.39, 0.29) is 11.7 Å². The van der Waals surface area contributed by atoms with Gasteiger partial charge in [-0.3, -0.25) is 4.79 Å². The summed E-state index contributed by atoms with van der Waals surface area (Å²) in [7, 11) is -3.51. The summed E-state index contributed by atoms with van der Waals surface area (Å²) < 4.78 is 25.9. The van der Waals surface area contributed by atoms with E-state index < -0.39 is 20.2 Å². The number of carbonyl (C=O) groups is 1. The molecule has 0 heterocycles. The Labute approximate surface area is 110 Å². The van der Waals surface area contributed by atoms with Crippen LogP contribution in [0.1, 0.15) is 47.0 Å². The number of fused-ring (bicyclic) bond motifs is 2. The first-order valence-corrected chi connectivity index (χ1v) is 8.22. The van der Waals surface area contributed by atoms with E-state index in [1.165, 1.54) is 4.31 Å². The van der Waals surface area contributed by atoms with Gasteiger partial charge < -0.3 is 0 Å². The Morgan fingerprint density at radius 3 is 2.22 bits per heavy atom. The van der Waals surface area contributed by atoms with Crippen molar-refractivity contribution in [1.29, 1.82) is 0 Å². The van der Waals surface area contributed by atoms with Crippen LogP contribution in [-0.2, 0) is 14.8 Å². The molecule has 2 rings (SSSR count). The molecule has 2 unspecified atom stereocenters. The monoisotopic (exact) mass is 273 g/mol. The van der Waals surface area contributed by atoms with Crippen LogP contribution in [0.2, 0.25) is 0 Å². The number of ketones is 1. The molecule has 18 heavy (non-hydrogen) atoms. The molecular weight excluding hydrogens is 250 g/mol. The topological polar surface area (TPSA) is 54.5 Å². The molecule has 2 bridgehead atoms. The van der Waals surface area contributed by atoms with Crippen molar-refractivity contribution in [2.45, 2.75) is 51.7 Å². The third-order valence-electron chi connectivity index (χ3n) is 5.03. The summed E-state index contributed by atoms with van der Waals surface area (Å²) >= 11 is 0. The van der Waals surface area contributed by atoms with Crippen LogP contribution in [-0.4, -0.2) is 36.3 Å². The van der Waals surface area contributed by atoms with Crippen molar-refractivity contribution in [3.63, 3.8) is 0 Å². The summed E-state index contributed by atoms with van der Waals surface area (Å²) in [5, 5.41) is 0. The quantitative estimate of drug-likeness (QED) is 0.785. The number of Topliss-reactive ketones (excluding diaryl/α,β-unsaturated/α-hetero) is 1. The zero-order valence-corrected chi connectivity index (χ0v) is 12.5. The van der Waals surface area contributed by atoms with Crippen molar-refractivity contribution in [2.75, 3.05) is 13.1 Å². The summed E-state index contributed by atoms with van der Waals surface area (Å²) in [6.07, 6.45) is 1.90. The Morgan fingerprint density at radius 1 is 1.28 bits per heavy atom. The Hall–Kier alpha value is -0.420. The van der Waals surface area contributed by atoms with Crippen LogP contribution < -0.4 is 0 Å². The first-order valence-electron chi connectivity index (χ1n) is 6.78. The Morgan fingerprint density at radius 2 is 1.83 bits per heavy atom. The molecule has 0 spiro atoms. The molecule has 0 aromatic rings. The fourth-order valence-electron chi connectivity index (χ4n) is 3.77. The lowest BCUT2D eigenvalue weighted by molar-refractivity contribution is -0.129. The lowest BCUT2D eigenvalue weighted by atomic mass is 9.75. The summed E-state index contributed by atoms with van der Waals surface area (Å²) in [4.78, 5) is 12.6. The Bertz CT molecular complexity index is 465. The first kappa shape index (κ1) is 14.0. The first-order chi connectivity index (χ1) is 8.24. The number of sulfonamides is 1. The van der Waals surface area contributed by atoms with Gasteiger partial charge in [0.1, 0.15) is 4.75 Å². The number of nitrogens with zero attached hydrogens (tertiary/aromatic N) is 1. The molecule has 2 atom stereocenters. The van der Waals surface area contributed by atoms with E-state index in [1.54, 1.807) is 0 Å². The SMILES string of the molecule is CCN(CC)S(=O)(=O)C12CCC(C1)C(C)(C)C2=O. The number of rotatable bonds is 4. The standard InChI is InChI=1S/C13H23NO3S/c1-5-14(6-2)18(16,17)13-8-7-10(9-13)12(3,4)11(13)15/h10H,5-9H2,1-4H3. The molecular formula is C13H23NO3S. The van der Waals surface area contributed by atoms with Crippen LogP contribution >= 0.6 is 0 Å². The van der Waals surface area contributed by atoms with Crippen LogP contribution in [0.5, 0.6) is 0 Å². The molecule has 0 aromatic heterocycles. The minimum Gasteiger partial charge on any atom is -0.297 e. The van der Waals surface area contributed by atoms with E-state index in [0.29, 0.717) is 25.9 Å². The van der Waals surface area contributed by atoms with Crippen LogP contribution in [0.4, 0.5) is 0 Å². The molecule has 0 aromatic carbocycles. The Kier molecular flexibility index (Phi) is 3.14. The van der Waals surface area contributed by atoms with Crippen molar-refractivity contribution < 1.29 is 13.2 Å². The second kappa shape index (κ2) is 4.04. The molecule has 0 radical (unpaired) electrons. The zero-order valence-electron chi connectivity index (χ0n) is 11.7. The van der Waals surface area contributed by atoms with Gasteiger partial charge in [-0.25, -0.2) is 12.7 Å². The summed E-state index contributed by atoms with van der Waals surface area (Å²) in [6, 6.07) is 0. The molecule has 104 valence electrons. The summed E-state index contributed by atoms with van der Waals surface area (Å²) in [6.45, 7) is 8.35. The van der Waals surface area contributed by atoms with Crippen molar-refractivity contribution in [3.05, 3.63) is 0 Å². The second-order valence-electron chi connectivity index (χ2n) is 6.07. The molecule has 2 aliphatic carbocycles. The van der Waals surface area contributed by atoms with Gasteiger partial charge in [-0.15, -0.1) is 0 Å². The van der Waals surface area contributed by atoms with Gasteiger partial charge in [0.15, 0.2) is 5.78 Å². The van der Waals surface area contributed by atoms with Gasteiger partial charge >= 0.3 is 0 Å². The highest BCUT2D eigenvalue weighted by atomic mass is 32.2. The maximum atomic E-state index is 12.8. The lowest BCUT2D eigenvalue weighted by Gasteiger charge is -2.35. The van der Waals surface area contributed by atoms with E-state index >= 15 is 0 Å². The average molecular weight is 273 g/mol. The fourth-order valence-corrected chi connectivity index (χ4v) is 6.23. The molecule has 5 heteroatoms. The van der Waals surface area contributed by atoms with E-state index in [1.807, 2.05) is 27.7 Å². The van der Waals surface area contributed by atoms with Gasteiger partial charge in [-0.1, -0.05) is 27.7 Å². The third kappa shape index (κ3) is 1.46. The van der Waals surface area contributed by atoms with Crippen LogP contribution in [0.3, 0.4) is 0 Å². The molecule has 2 fully saturated rings. The van der Waals surface area contributed by atoms with Gasteiger partial charge in [0, 0.05) is 18.5 Å². The van der Waals surface area contributed by atoms with Crippen molar-refractivity contribution in [3.8, 4) is 0 Å². The second-order valence-corrected chi connectivity index (χ2v) is 8.32. The molecule has 2 aliphatic rings. The van der Waals surface area contributed by atoms with E-state index in [9.17, 15) is 13.2 Å². The summed E-state index contributed by atoms with van der Waals surface area (Å²) in [5.74, 6) is 0.175. The molecule has 0 saturated heterocycles.